The summed E-state index contributed by atoms with van der Waals surface area (Å²) in [5.41, 5.74) is 0.0691. The third-order valence-corrected chi connectivity index (χ3v) is 2.94. The minimum Gasteiger partial charge on any atom is -0.396 e. The molecule has 0 aliphatic heterocycles. The van der Waals surface area contributed by atoms with Crippen LogP contribution in [-0.2, 0) is 0 Å². The molecule has 0 aromatic rings. The maximum Gasteiger partial charge on any atom is 0.0499 e. The van der Waals surface area contributed by atoms with Gasteiger partial charge in [-0.05, 0) is 19.8 Å². The zero-order chi connectivity index (χ0) is 10.9. The third-order valence-electron chi connectivity index (χ3n) is 2.94. The summed E-state index contributed by atoms with van der Waals surface area (Å²) in [7, 11) is 0. The van der Waals surface area contributed by atoms with Crippen molar-refractivity contribution in [3.8, 4) is 11.8 Å². The molecule has 0 aromatic carbocycles. The van der Waals surface area contributed by atoms with Crippen LogP contribution in [0.1, 0.15) is 40.0 Å². The summed E-state index contributed by atoms with van der Waals surface area (Å²) < 4.78 is 0. The van der Waals surface area contributed by atoms with Crippen molar-refractivity contribution in [2.75, 3.05) is 19.7 Å². The van der Waals surface area contributed by atoms with Crippen LogP contribution < -0.4 is 5.32 Å². The van der Waals surface area contributed by atoms with Crippen LogP contribution in [0.2, 0.25) is 0 Å². The van der Waals surface area contributed by atoms with Gasteiger partial charge in [-0.1, -0.05) is 13.8 Å². The second kappa shape index (κ2) is 7.84. The summed E-state index contributed by atoms with van der Waals surface area (Å²) in [6, 6.07) is 0. The summed E-state index contributed by atoms with van der Waals surface area (Å²) in [4.78, 5) is 0. The van der Waals surface area contributed by atoms with Crippen LogP contribution in [0.4, 0.5) is 0 Å². The topological polar surface area (TPSA) is 32.3 Å². The largest absolute Gasteiger partial charge is 0.396 e. The zero-order valence-corrected chi connectivity index (χ0v) is 9.69. The zero-order valence-electron chi connectivity index (χ0n) is 9.69. The molecule has 0 atom stereocenters. The van der Waals surface area contributed by atoms with E-state index < -0.39 is 0 Å². The Kier molecular flexibility index (Phi) is 7.55. The highest BCUT2D eigenvalue weighted by Gasteiger charge is 2.24. The minimum atomic E-state index is 0.0691. The average molecular weight is 197 g/mol. The van der Waals surface area contributed by atoms with Gasteiger partial charge >= 0.3 is 0 Å². The van der Waals surface area contributed by atoms with Crippen molar-refractivity contribution in [3.05, 3.63) is 0 Å². The molecule has 0 unspecified atom stereocenters. The van der Waals surface area contributed by atoms with E-state index >= 15 is 0 Å². The monoisotopic (exact) mass is 197 g/mol. The smallest absolute Gasteiger partial charge is 0.0499 e. The van der Waals surface area contributed by atoms with Crippen molar-refractivity contribution < 1.29 is 5.11 Å². The number of hydrogen-bond donors (Lipinski definition) is 2. The number of hydrogen-bond acceptors (Lipinski definition) is 2. The van der Waals surface area contributed by atoms with E-state index in [1.54, 1.807) is 0 Å². The van der Waals surface area contributed by atoms with Crippen LogP contribution in [0.15, 0.2) is 0 Å². The van der Waals surface area contributed by atoms with Crippen LogP contribution in [0.3, 0.4) is 0 Å². The maximum atomic E-state index is 9.31. The molecule has 2 nitrogen and oxygen atoms in total. The van der Waals surface area contributed by atoms with Gasteiger partial charge in [-0.15, -0.1) is 11.8 Å². The first-order chi connectivity index (χ1) is 6.74. The molecule has 0 fully saturated rings. The Morgan fingerprint density at radius 3 is 2.36 bits per heavy atom. The normalized spacial score (nSPS) is 10.9. The lowest BCUT2D eigenvalue weighted by Crippen LogP contribution is -2.36. The van der Waals surface area contributed by atoms with Gasteiger partial charge in [-0.3, -0.25) is 0 Å². The molecule has 0 spiro atoms. The Labute approximate surface area is 88.1 Å². The molecular formula is C12H23NO. The van der Waals surface area contributed by atoms with Gasteiger partial charge in [-0.2, -0.15) is 0 Å². The van der Waals surface area contributed by atoms with Gasteiger partial charge in [0.1, 0.15) is 0 Å². The van der Waals surface area contributed by atoms with Crippen molar-refractivity contribution in [3.63, 3.8) is 0 Å². The molecule has 0 radical (unpaired) electrons. The summed E-state index contributed by atoms with van der Waals surface area (Å²) in [5.74, 6) is 5.88. The standard InChI is InChI=1S/C12H23NO/c1-4-7-8-9-13-10-12(5-2,6-3)11-14/h13-14H,5-6,8-11H2,1-3H3. The SMILES string of the molecule is CC#CCCNCC(CC)(CC)CO. The van der Waals surface area contributed by atoms with Gasteiger partial charge in [0.2, 0.25) is 0 Å². The number of aliphatic hydroxyl groups is 1. The first kappa shape index (κ1) is 13.5. The van der Waals surface area contributed by atoms with Crippen LogP contribution in [0.25, 0.3) is 0 Å². The highest BCUT2D eigenvalue weighted by Crippen LogP contribution is 2.24. The quantitative estimate of drug-likeness (QED) is 0.482. The van der Waals surface area contributed by atoms with E-state index in [2.05, 4.69) is 31.0 Å². The first-order valence-corrected chi connectivity index (χ1v) is 5.46. The molecule has 2 heteroatoms. The van der Waals surface area contributed by atoms with Crippen LogP contribution >= 0.6 is 0 Å². The molecule has 82 valence electrons. The van der Waals surface area contributed by atoms with Gasteiger partial charge < -0.3 is 10.4 Å². The van der Waals surface area contributed by atoms with Crippen LogP contribution in [0.5, 0.6) is 0 Å². The Morgan fingerprint density at radius 2 is 1.93 bits per heavy atom. The molecule has 0 saturated heterocycles. The maximum absolute atomic E-state index is 9.31. The van der Waals surface area contributed by atoms with Gasteiger partial charge in [-0.25, -0.2) is 0 Å². The number of rotatable bonds is 7. The van der Waals surface area contributed by atoms with E-state index in [4.69, 9.17) is 0 Å². The highest BCUT2D eigenvalue weighted by molar-refractivity contribution is 4.95. The van der Waals surface area contributed by atoms with Gasteiger partial charge in [0.25, 0.3) is 0 Å². The molecule has 14 heavy (non-hydrogen) atoms. The molecule has 0 bridgehead atoms. The predicted octanol–water partition coefficient (Wildman–Crippen LogP) is 1.79. The van der Waals surface area contributed by atoms with Crippen molar-refractivity contribution in [1.29, 1.82) is 0 Å². The molecule has 0 aliphatic carbocycles. The average Bonchev–Trinajstić information content (AvgIpc) is 2.24. The van der Waals surface area contributed by atoms with Crippen molar-refractivity contribution in [2.45, 2.75) is 40.0 Å². The van der Waals surface area contributed by atoms with E-state index in [1.807, 2.05) is 6.92 Å². The fraction of sp³-hybridized carbons (Fsp3) is 0.833. The van der Waals surface area contributed by atoms with Crippen LogP contribution in [0, 0.1) is 17.3 Å². The van der Waals surface area contributed by atoms with E-state index in [0.29, 0.717) is 0 Å². The van der Waals surface area contributed by atoms with E-state index in [9.17, 15) is 5.11 Å². The fourth-order valence-corrected chi connectivity index (χ4v) is 1.41. The molecule has 0 heterocycles. The molecular weight excluding hydrogens is 174 g/mol. The molecule has 0 amide bonds. The van der Waals surface area contributed by atoms with Gasteiger partial charge in [0, 0.05) is 31.5 Å². The Bertz CT molecular complexity index is 178. The van der Waals surface area contributed by atoms with Crippen molar-refractivity contribution in [2.24, 2.45) is 5.41 Å². The Balaban J connectivity index is 3.75. The lowest BCUT2D eigenvalue weighted by atomic mass is 9.83. The second-order valence-corrected chi connectivity index (χ2v) is 3.72. The molecule has 0 saturated carbocycles. The van der Waals surface area contributed by atoms with E-state index in [-0.39, 0.29) is 12.0 Å². The molecule has 2 N–H and O–H groups in total. The summed E-state index contributed by atoms with van der Waals surface area (Å²) >= 11 is 0. The summed E-state index contributed by atoms with van der Waals surface area (Å²) in [5, 5.41) is 12.7. The van der Waals surface area contributed by atoms with Crippen LogP contribution in [-0.4, -0.2) is 24.8 Å². The highest BCUT2D eigenvalue weighted by atomic mass is 16.3. The first-order valence-electron chi connectivity index (χ1n) is 5.46. The summed E-state index contributed by atoms with van der Waals surface area (Å²) in [6.45, 7) is 8.20. The predicted molar refractivity (Wildman–Crippen MR) is 61.0 cm³/mol. The van der Waals surface area contributed by atoms with E-state index in [0.717, 1.165) is 32.4 Å². The van der Waals surface area contributed by atoms with Crippen molar-refractivity contribution >= 4 is 0 Å². The molecule has 0 aliphatic rings. The molecule has 0 rings (SSSR count). The minimum absolute atomic E-state index is 0.0691. The Hall–Kier alpha value is -0.520. The van der Waals surface area contributed by atoms with E-state index in [1.165, 1.54) is 0 Å². The second-order valence-electron chi connectivity index (χ2n) is 3.72. The third kappa shape index (κ3) is 4.64. The van der Waals surface area contributed by atoms with Gasteiger partial charge in [0.15, 0.2) is 0 Å². The van der Waals surface area contributed by atoms with Gasteiger partial charge in [0.05, 0.1) is 0 Å². The Morgan fingerprint density at radius 1 is 1.29 bits per heavy atom. The molecule has 0 aromatic heterocycles. The lowest BCUT2D eigenvalue weighted by Gasteiger charge is -2.29. The van der Waals surface area contributed by atoms with Crippen molar-refractivity contribution in [1.82, 2.24) is 5.32 Å². The number of nitrogens with one attached hydrogen (secondary N) is 1. The lowest BCUT2D eigenvalue weighted by molar-refractivity contribution is 0.113. The fourth-order valence-electron chi connectivity index (χ4n) is 1.41. The number of aliphatic hydroxyl groups excluding tert-OH is 1. The summed E-state index contributed by atoms with van der Waals surface area (Å²) in [6.07, 6.45) is 2.93.